The summed E-state index contributed by atoms with van der Waals surface area (Å²) < 4.78 is 13.9. The van der Waals surface area contributed by atoms with Gasteiger partial charge in [0.2, 0.25) is 0 Å². The average Bonchev–Trinajstić information content (AvgIpc) is 3.91. The second-order valence-corrected chi connectivity index (χ2v) is 17.4. The molecule has 4 heteroatoms. The minimum atomic E-state index is 0.854. The minimum absolute atomic E-state index is 0.854. The van der Waals surface area contributed by atoms with Gasteiger partial charge in [-0.1, -0.05) is 95.1 Å². The molecule has 62 heavy (non-hydrogen) atoms. The molecule has 3 aromatic heterocycles. The Morgan fingerprint density at radius 2 is 0.710 bits per heavy atom. The Kier molecular flexibility index (Phi) is 7.25. The predicted molar refractivity (Wildman–Crippen MR) is 259 cm³/mol. The number of aromatic nitrogens is 3. The van der Waals surface area contributed by atoms with Gasteiger partial charge in [0.05, 0.1) is 38.8 Å². The molecule has 0 amide bonds. The summed E-state index contributed by atoms with van der Waals surface area (Å²) in [6, 6.07) is 65.0. The van der Waals surface area contributed by atoms with Crippen molar-refractivity contribution in [2.75, 3.05) is 0 Å². The zero-order valence-electron chi connectivity index (χ0n) is 35.0. The molecule has 0 radical (unpaired) electrons. The molecule has 12 aromatic rings. The first-order valence-corrected chi connectivity index (χ1v) is 21.5. The highest BCUT2D eigenvalue weighted by Gasteiger charge is 2.25. The average molecular weight is 796 g/mol. The van der Waals surface area contributed by atoms with Gasteiger partial charge in [0, 0.05) is 43.7 Å². The van der Waals surface area contributed by atoms with Crippen molar-refractivity contribution in [3.05, 3.63) is 198 Å². The number of benzene rings is 9. The molecule has 0 unspecified atom stereocenters. The molecule has 1 aliphatic rings. The molecular formula is C58H41N3O. The van der Waals surface area contributed by atoms with Gasteiger partial charge in [-0.05, 0) is 153 Å². The van der Waals surface area contributed by atoms with Crippen molar-refractivity contribution < 1.29 is 4.74 Å². The minimum Gasteiger partial charge on any atom is -0.453 e. The van der Waals surface area contributed by atoms with Gasteiger partial charge in [-0.25, -0.2) is 0 Å². The van der Waals surface area contributed by atoms with Crippen molar-refractivity contribution >= 4 is 65.4 Å². The van der Waals surface area contributed by atoms with Gasteiger partial charge in [0.1, 0.15) is 0 Å². The van der Waals surface area contributed by atoms with E-state index in [0.717, 1.165) is 45.2 Å². The van der Waals surface area contributed by atoms with E-state index in [1.54, 1.807) is 0 Å². The molecule has 0 aliphatic carbocycles. The predicted octanol–water partition coefficient (Wildman–Crippen LogP) is 15.7. The van der Waals surface area contributed by atoms with Gasteiger partial charge in [-0.2, -0.15) is 0 Å². The third-order valence-corrected chi connectivity index (χ3v) is 13.2. The lowest BCUT2D eigenvalue weighted by molar-refractivity contribution is 0.476. The van der Waals surface area contributed by atoms with Gasteiger partial charge >= 0.3 is 0 Å². The van der Waals surface area contributed by atoms with Crippen LogP contribution in [0.5, 0.6) is 11.5 Å². The monoisotopic (exact) mass is 795 g/mol. The lowest BCUT2D eigenvalue weighted by Crippen LogP contribution is -2.04. The second kappa shape index (κ2) is 12.8. The number of para-hydroxylation sites is 1. The Labute approximate surface area is 359 Å². The summed E-state index contributed by atoms with van der Waals surface area (Å²) in [5.41, 5.74) is 20.3. The summed E-state index contributed by atoms with van der Waals surface area (Å²) in [5, 5.41) is 7.57. The number of aryl methyl sites for hydroxylation is 4. The van der Waals surface area contributed by atoms with Crippen LogP contribution in [0, 0.1) is 27.7 Å². The fourth-order valence-electron chi connectivity index (χ4n) is 10.3. The zero-order valence-corrected chi connectivity index (χ0v) is 35.0. The summed E-state index contributed by atoms with van der Waals surface area (Å²) in [4.78, 5) is 0. The third kappa shape index (κ3) is 5.07. The number of nitrogens with zero attached hydrogens (tertiary/aromatic N) is 3. The first kappa shape index (κ1) is 35.0. The van der Waals surface area contributed by atoms with E-state index in [1.807, 2.05) is 0 Å². The highest BCUT2D eigenvalue weighted by molar-refractivity contribution is 6.14. The van der Waals surface area contributed by atoms with Crippen molar-refractivity contribution in [3.63, 3.8) is 0 Å². The van der Waals surface area contributed by atoms with E-state index in [0.29, 0.717) is 0 Å². The summed E-state index contributed by atoms with van der Waals surface area (Å²) in [7, 11) is 0. The normalized spacial score (nSPS) is 12.3. The molecule has 4 nitrogen and oxygen atoms in total. The van der Waals surface area contributed by atoms with E-state index in [4.69, 9.17) is 4.74 Å². The smallest absolute Gasteiger partial charge is 0.152 e. The van der Waals surface area contributed by atoms with E-state index in [2.05, 4.69) is 217 Å². The van der Waals surface area contributed by atoms with Gasteiger partial charge in [0.25, 0.3) is 0 Å². The summed E-state index contributed by atoms with van der Waals surface area (Å²) in [5.74, 6) is 1.73. The van der Waals surface area contributed by atoms with Crippen LogP contribution in [-0.2, 0) is 0 Å². The van der Waals surface area contributed by atoms with Crippen molar-refractivity contribution in [2.45, 2.75) is 27.7 Å². The van der Waals surface area contributed by atoms with E-state index < -0.39 is 0 Å². The standard InChI is InChI=1S/C58H41N3O/c1-34-8-22-50-45(28-34)46-29-35(2)9-23-51(46)59(50)42-18-12-38(13-19-42)40-16-26-54-49(32-40)44-6-5-7-56-58(44)61(54)55-27-17-41(33-57(55)62-56)39-14-20-43(21-15-39)60-52-24-10-36(3)30-47(52)48-31-37(4)11-25-53(48)60/h5-33H,1-4H3. The van der Waals surface area contributed by atoms with Gasteiger partial charge < -0.3 is 18.4 Å². The van der Waals surface area contributed by atoms with E-state index in [-0.39, 0.29) is 0 Å². The molecule has 0 bridgehead atoms. The van der Waals surface area contributed by atoms with Crippen LogP contribution in [0.1, 0.15) is 22.3 Å². The topological polar surface area (TPSA) is 24.0 Å². The largest absolute Gasteiger partial charge is 0.453 e. The Hall–Kier alpha value is -7.82. The molecule has 294 valence electrons. The van der Waals surface area contributed by atoms with Crippen LogP contribution in [0.2, 0.25) is 0 Å². The Balaban J connectivity index is 0.860. The molecule has 13 rings (SSSR count). The molecule has 0 saturated heterocycles. The lowest BCUT2D eigenvalue weighted by atomic mass is 10.0. The molecule has 0 saturated carbocycles. The van der Waals surface area contributed by atoms with Crippen molar-refractivity contribution in [2.24, 2.45) is 0 Å². The van der Waals surface area contributed by atoms with Crippen LogP contribution < -0.4 is 4.74 Å². The van der Waals surface area contributed by atoms with Crippen LogP contribution in [0.4, 0.5) is 0 Å². The van der Waals surface area contributed by atoms with Gasteiger partial charge in [0.15, 0.2) is 11.5 Å². The SMILES string of the molecule is Cc1ccc2c(c1)c1cc(C)ccc1n2-c1ccc(-c2ccc3c(c2)Oc2cccc4c5cc(-c6ccc(-n7c8ccc(C)cc8c8cc(C)ccc87)cc6)ccc5n-3c24)cc1. The molecule has 1 aliphatic heterocycles. The Morgan fingerprint density at radius 3 is 1.21 bits per heavy atom. The highest BCUT2D eigenvalue weighted by Crippen LogP contribution is 2.47. The molecule has 0 atom stereocenters. The number of ether oxygens (including phenoxy) is 1. The molecule has 4 heterocycles. The summed E-state index contributed by atoms with van der Waals surface area (Å²) >= 11 is 0. The van der Waals surface area contributed by atoms with Crippen molar-refractivity contribution in [3.8, 4) is 50.8 Å². The molecule has 0 N–H and O–H groups in total. The van der Waals surface area contributed by atoms with Crippen molar-refractivity contribution in [1.82, 2.24) is 13.7 Å². The number of rotatable bonds is 4. The zero-order chi connectivity index (χ0) is 41.4. The number of hydrogen-bond donors (Lipinski definition) is 0. The first-order valence-electron chi connectivity index (χ1n) is 21.5. The van der Waals surface area contributed by atoms with Crippen LogP contribution in [0.15, 0.2) is 176 Å². The Bertz CT molecular complexity index is 3740. The quantitative estimate of drug-likeness (QED) is 0.174. The van der Waals surface area contributed by atoms with Crippen LogP contribution in [0.25, 0.3) is 105 Å². The van der Waals surface area contributed by atoms with Crippen LogP contribution in [-0.4, -0.2) is 13.7 Å². The second-order valence-electron chi connectivity index (χ2n) is 17.4. The third-order valence-electron chi connectivity index (χ3n) is 13.2. The maximum atomic E-state index is 6.75. The maximum absolute atomic E-state index is 6.75. The maximum Gasteiger partial charge on any atom is 0.152 e. The van der Waals surface area contributed by atoms with E-state index in [9.17, 15) is 0 Å². The summed E-state index contributed by atoms with van der Waals surface area (Å²) in [6.45, 7) is 8.68. The molecule has 0 fully saturated rings. The highest BCUT2D eigenvalue weighted by atomic mass is 16.5. The summed E-state index contributed by atoms with van der Waals surface area (Å²) in [6.07, 6.45) is 0. The molecular weight excluding hydrogens is 755 g/mol. The van der Waals surface area contributed by atoms with Crippen LogP contribution in [0.3, 0.4) is 0 Å². The fraction of sp³-hybridized carbons (Fsp3) is 0.0690. The van der Waals surface area contributed by atoms with Crippen molar-refractivity contribution in [1.29, 1.82) is 0 Å². The Morgan fingerprint density at radius 1 is 0.306 bits per heavy atom. The molecule has 9 aromatic carbocycles. The van der Waals surface area contributed by atoms with Crippen LogP contribution >= 0.6 is 0 Å². The lowest BCUT2D eigenvalue weighted by Gasteiger charge is -2.21. The number of hydrogen-bond acceptors (Lipinski definition) is 1. The van der Waals surface area contributed by atoms with E-state index in [1.165, 1.54) is 93.3 Å². The van der Waals surface area contributed by atoms with E-state index >= 15 is 0 Å². The van der Waals surface area contributed by atoms with Gasteiger partial charge in [-0.3, -0.25) is 0 Å². The van der Waals surface area contributed by atoms with Gasteiger partial charge in [-0.15, -0.1) is 0 Å². The first-order chi connectivity index (χ1) is 30.3. The molecule has 0 spiro atoms. The fourth-order valence-corrected chi connectivity index (χ4v) is 10.3. The number of fused-ring (bicyclic) bond motifs is 11.